The molecule has 3 N–H and O–H groups in total. The number of hydrogen-bond acceptors (Lipinski definition) is 5. The van der Waals surface area contributed by atoms with Gasteiger partial charge in [-0.25, -0.2) is 0 Å². The van der Waals surface area contributed by atoms with E-state index in [4.69, 9.17) is 21.7 Å². The average molecular weight is 485 g/mol. The van der Waals surface area contributed by atoms with Crippen molar-refractivity contribution in [2.75, 3.05) is 7.05 Å². The molecule has 0 saturated carbocycles. The molecular weight excluding hydrogens is 455 g/mol. The fourth-order valence-corrected chi connectivity index (χ4v) is 4.31. The van der Waals surface area contributed by atoms with Crippen LogP contribution in [-0.2, 0) is 9.53 Å². The zero-order valence-corrected chi connectivity index (χ0v) is 21.0. The van der Waals surface area contributed by atoms with E-state index in [0.29, 0.717) is 23.0 Å². The second-order valence-electron chi connectivity index (χ2n) is 7.49. The summed E-state index contributed by atoms with van der Waals surface area (Å²) in [4.78, 5) is 10.0. The van der Waals surface area contributed by atoms with Gasteiger partial charge in [-0.1, -0.05) is 54.1 Å². The molecule has 174 valence electrons. The van der Waals surface area contributed by atoms with Gasteiger partial charge >= 0.3 is 0 Å². The van der Waals surface area contributed by atoms with Gasteiger partial charge in [0.05, 0.1) is 11.4 Å². The van der Waals surface area contributed by atoms with Gasteiger partial charge in [0.1, 0.15) is 11.9 Å². The number of ether oxygens (including phenoxy) is 1. The Morgan fingerprint density at radius 3 is 2.36 bits per heavy atom. The van der Waals surface area contributed by atoms with E-state index < -0.39 is 0 Å². The highest BCUT2D eigenvalue weighted by Gasteiger charge is 2.13. The van der Waals surface area contributed by atoms with Crippen LogP contribution in [-0.4, -0.2) is 24.3 Å². The second kappa shape index (κ2) is 13.0. The van der Waals surface area contributed by atoms with E-state index in [1.54, 1.807) is 32.0 Å². The summed E-state index contributed by atoms with van der Waals surface area (Å²) in [6.45, 7) is 3.99. The van der Waals surface area contributed by atoms with Crippen LogP contribution in [0.15, 0.2) is 77.3 Å². The van der Waals surface area contributed by atoms with Crippen molar-refractivity contribution in [3.63, 3.8) is 0 Å². The molecule has 0 spiro atoms. The summed E-state index contributed by atoms with van der Waals surface area (Å²) in [7, 11) is 4.59. The average Bonchev–Trinajstić information content (AvgIpc) is 2.81. The predicted octanol–water partition coefficient (Wildman–Crippen LogP) is 6.42. The molecule has 7 heteroatoms. The molecule has 5 nitrogen and oxygen atoms in total. The quantitative estimate of drug-likeness (QED) is 0.241. The Bertz CT molecular complexity index is 1080. The molecule has 33 heavy (non-hydrogen) atoms. The monoisotopic (exact) mass is 484 g/mol. The Morgan fingerprint density at radius 1 is 1.18 bits per heavy atom. The minimum Gasteiger partial charge on any atom is -0.508 e. The third-order valence-corrected chi connectivity index (χ3v) is 6.23. The molecular formula is C26H30ClN2O3P. The minimum atomic E-state index is -0.281. The highest BCUT2D eigenvalue weighted by atomic mass is 35.5. The van der Waals surface area contributed by atoms with Crippen LogP contribution >= 0.6 is 20.8 Å². The molecule has 0 heterocycles. The van der Waals surface area contributed by atoms with Gasteiger partial charge in [0.25, 0.3) is 6.47 Å². The molecule has 2 aromatic rings. The number of hydrogen-bond donors (Lipinski definition) is 3. The summed E-state index contributed by atoms with van der Waals surface area (Å²) in [5.41, 5.74) is 5.89. The Balaban J connectivity index is 0.000000273. The number of rotatable bonds is 7. The topological polar surface area (TPSA) is 82.4 Å². The van der Waals surface area contributed by atoms with Gasteiger partial charge in [0.15, 0.2) is 0 Å². The Labute approximate surface area is 202 Å². The molecule has 0 aromatic heterocycles. The number of carbonyl (C=O) groups excluding carboxylic acids is 1. The molecule has 0 aliphatic heterocycles. The summed E-state index contributed by atoms with van der Waals surface area (Å²) in [6.07, 6.45) is 5.87. The lowest BCUT2D eigenvalue weighted by atomic mass is 9.92. The summed E-state index contributed by atoms with van der Waals surface area (Å²) < 4.78 is 4.74. The van der Waals surface area contributed by atoms with Crippen molar-refractivity contribution in [3.8, 4) is 5.75 Å². The maximum atomic E-state index is 10.0. The number of allylic oxidation sites excluding steroid dienone is 6. The maximum absolute atomic E-state index is 10.0. The van der Waals surface area contributed by atoms with Gasteiger partial charge in [-0.15, -0.1) is 9.24 Å². The van der Waals surface area contributed by atoms with Crippen LogP contribution in [0.2, 0.25) is 5.02 Å². The van der Waals surface area contributed by atoms with Crippen molar-refractivity contribution in [2.24, 2.45) is 0 Å². The first-order chi connectivity index (χ1) is 15.8. The largest absolute Gasteiger partial charge is 0.508 e. The highest BCUT2D eigenvalue weighted by molar-refractivity contribution is 7.23. The summed E-state index contributed by atoms with van der Waals surface area (Å²) in [6, 6.07) is 14.6. The van der Waals surface area contributed by atoms with E-state index in [0.717, 1.165) is 35.0 Å². The highest BCUT2D eigenvalue weighted by Crippen LogP contribution is 2.33. The molecule has 0 fully saturated rings. The zero-order chi connectivity index (χ0) is 24.4. The molecule has 0 saturated heterocycles. The van der Waals surface area contributed by atoms with Crippen LogP contribution < -0.4 is 5.32 Å². The van der Waals surface area contributed by atoms with Gasteiger partial charge in [-0.2, -0.15) is 0 Å². The first kappa shape index (κ1) is 26.4. The molecule has 3 rings (SSSR count). The maximum Gasteiger partial charge on any atom is 0.293 e. The molecule has 0 amide bonds. The fraction of sp³-hybridized carbons (Fsp3) is 0.231. The Morgan fingerprint density at radius 2 is 1.85 bits per heavy atom. The van der Waals surface area contributed by atoms with Crippen molar-refractivity contribution in [1.82, 2.24) is 5.32 Å². The number of halogens is 1. The van der Waals surface area contributed by atoms with Crippen molar-refractivity contribution < 1.29 is 14.6 Å². The van der Waals surface area contributed by atoms with Crippen LogP contribution in [0.1, 0.15) is 43.9 Å². The van der Waals surface area contributed by atoms with Gasteiger partial charge < -0.3 is 20.6 Å². The van der Waals surface area contributed by atoms with Crippen molar-refractivity contribution in [2.45, 2.75) is 32.8 Å². The van der Waals surface area contributed by atoms with E-state index in [9.17, 15) is 9.90 Å². The van der Waals surface area contributed by atoms with Gasteiger partial charge in [0.2, 0.25) is 0 Å². The summed E-state index contributed by atoms with van der Waals surface area (Å²) in [5, 5.41) is 21.9. The second-order valence-corrected chi connectivity index (χ2v) is 8.47. The number of phenolic OH excluding ortho intramolecular Hbond substituents is 1. The van der Waals surface area contributed by atoms with Crippen molar-refractivity contribution >= 4 is 38.6 Å². The first-order valence-corrected chi connectivity index (χ1v) is 11.5. The molecule has 2 aromatic carbocycles. The Kier molecular flexibility index (Phi) is 10.4. The lowest BCUT2D eigenvalue weighted by molar-refractivity contribution is -0.133. The number of aromatic hydroxyl groups is 1. The normalized spacial score (nSPS) is 14.5. The smallest absolute Gasteiger partial charge is 0.293 e. The van der Waals surface area contributed by atoms with Crippen LogP contribution in [0.4, 0.5) is 0 Å². The Hall–Kier alpha value is -2.88. The van der Waals surface area contributed by atoms with Crippen LogP contribution in [0.5, 0.6) is 5.75 Å². The summed E-state index contributed by atoms with van der Waals surface area (Å²) in [5.74, 6) is 0.293. The lowest BCUT2D eigenvalue weighted by Gasteiger charge is -2.18. The molecule has 2 atom stereocenters. The minimum absolute atomic E-state index is 0.281. The fourth-order valence-electron chi connectivity index (χ4n) is 3.42. The summed E-state index contributed by atoms with van der Waals surface area (Å²) >= 11 is 5.86. The standard InChI is InChI=1S/C17H21N2OP.C9H9ClO2/c1-11(18)16(19-2)17(21)14-5-3-12(4-6-14)13-7-9-15(20)10-8-13;1-7(12-6-11)8-4-2-3-5-9(8)10/h3,5,7-10,18-20H,4,6,21H2,1-2H3;2-7H,1H3/b17-16+,18-11?;. The van der Waals surface area contributed by atoms with E-state index in [2.05, 4.69) is 26.7 Å². The van der Waals surface area contributed by atoms with E-state index in [1.807, 2.05) is 37.4 Å². The number of phenols is 1. The molecule has 1 aliphatic rings. The third kappa shape index (κ3) is 7.59. The predicted molar refractivity (Wildman–Crippen MR) is 140 cm³/mol. The number of benzene rings is 2. The van der Waals surface area contributed by atoms with Crippen LogP contribution in [0, 0.1) is 5.41 Å². The van der Waals surface area contributed by atoms with Gasteiger partial charge in [-0.3, -0.25) is 4.79 Å². The van der Waals surface area contributed by atoms with Crippen molar-refractivity contribution in [3.05, 3.63) is 93.4 Å². The van der Waals surface area contributed by atoms with Crippen LogP contribution in [0.3, 0.4) is 0 Å². The van der Waals surface area contributed by atoms with E-state index >= 15 is 0 Å². The molecule has 0 bridgehead atoms. The SMILES string of the molecule is CC(OC=O)c1ccccc1Cl.CN/C(C(C)=N)=C(/P)C1=CC=C(c2ccc(O)cc2)CC1. The van der Waals surface area contributed by atoms with Crippen molar-refractivity contribution in [1.29, 1.82) is 5.41 Å². The number of carbonyl (C=O) groups is 1. The van der Waals surface area contributed by atoms with Gasteiger partial charge in [0, 0.05) is 17.6 Å². The van der Waals surface area contributed by atoms with Crippen LogP contribution in [0.25, 0.3) is 5.57 Å². The lowest BCUT2D eigenvalue weighted by Crippen LogP contribution is -2.15. The first-order valence-electron chi connectivity index (χ1n) is 10.5. The molecule has 2 unspecified atom stereocenters. The third-order valence-electron chi connectivity index (χ3n) is 5.23. The zero-order valence-electron chi connectivity index (χ0n) is 19.1. The number of nitrogens with one attached hydrogen (secondary N) is 2. The van der Waals surface area contributed by atoms with E-state index in [-0.39, 0.29) is 6.10 Å². The van der Waals surface area contributed by atoms with E-state index in [1.165, 1.54) is 11.1 Å². The molecule has 0 radical (unpaired) electrons. The van der Waals surface area contributed by atoms with Gasteiger partial charge in [-0.05, 0) is 66.9 Å². The molecule has 1 aliphatic carbocycles.